The summed E-state index contributed by atoms with van der Waals surface area (Å²) in [5.74, 6) is 2.73. The summed E-state index contributed by atoms with van der Waals surface area (Å²) < 4.78 is 0. The maximum Gasteiger partial charge on any atom is 0.169 e. The van der Waals surface area contributed by atoms with Crippen LogP contribution in [0.3, 0.4) is 0 Å². The number of fused-ring (bicyclic) bond motifs is 1. The number of nitrogen functional groups attached to an aromatic ring is 1. The Morgan fingerprint density at radius 1 is 1.21 bits per heavy atom. The lowest BCUT2D eigenvalue weighted by Crippen LogP contribution is -2.18. The molecule has 2 aromatic rings. The van der Waals surface area contributed by atoms with Crippen LogP contribution in [-0.2, 0) is 0 Å². The van der Waals surface area contributed by atoms with E-state index in [0.29, 0.717) is 5.82 Å². The Morgan fingerprint density at radius 3 is 2.63 bits per heavy atom. The minimum Gasteiger partial charge on any atom is -0.381 e. The molecule has 1 aromatic carbocycles. The monoisotopic (exact) mass is 256 g/mol. The fraction of sp³-hybridized carbons (Fsp3) is 0.467. The lowest BCUT2D eigenvalue weighted by molar-refractivity contribution is 0.439. The molecule has 0 spiro atoms. The summed E-state index contributed by atoms with van der Waals surface area (Å²) in [6, 6.07) is 7.81. The van der Waals surface area contributed by atoms with Crippen molar-refractivity contribution in [1.82, 2.24) is 9.97 Å². The van der Waals surface area contributed by atoms with Crippen molar-refractivity contribution in [3.63, 3.8) is 0 Å². The van der Waals surface area contributed by atoms with Gasteiger partial charge in [-0.3, -0.25) is 0 Å². The number of nitrogens with zero attached hydrogens (tertiary/aromatic N) is 2. The molecule has 19 heavy (non-hydrogen) atoms. The van der Waals surface area contributed by atoms with Gasteiger partial charge < -0.3 is 11.1 Å². The topological polar surface area (TPSA) is 63.8 Å². The minimum absolute atomic E-state index is 0.490. The van der Waals surface area contributed by atoms with E-state index in [0.717, 1.165) is 35.2 Å². The van der Waals surface area contributed by atoms with Gasteiger partial charge in [-0.25, -0.2) is 9.97 Å². The van der Waals surface area contributed by atoms with Crippen LogP contribution in [0, 0.1) is 11.8 Å². The predicted octanol–water partition coefficient (Wildman–Crippen LogP) is 3.06. The minimum atomic E-state index is 0.490. The fourth-order valence-corrected chi connectivity index (χ4v) is 2.90. The molecule has 4 nitrogen and oxygen atoms in total. The number of nitrogens with one attached hydrogen (secondary N) is 1. The smallest absolute Gasteiger partial charge is 0.169 e. The Kier molecular flexibility index (Phi) is 3.23. The maximum absolute atomic E-state index is 5.97. The highest BCUT2D eigenvalue weighted by molar-refractivity contribution is 5.79. The van der Waals surface area contributed by atoms with Crippen LogP contribution >= 0.6 is 0 Å². The summed E-state index contributed by atoms with van der Waals surface area (Å²) in [5, 5.41) is 3.38. The van der Waals surface area contributed by atoms with Gasteiger partial charge in [0.05, 0.1) is 11.0 Å². The first-order chi connectivity index (χ1) is 9.24. The second kappa shape index (κ2) is 5.03. The average Bonchev–Trinajstić information content (AvgIpc) is 2.82. The van der Waals surface area contributed by atoms with E-state index in [1.165, 1.54) is 19.3 Å². The van der Waals surface area contributed by atoms with Gasteiger partial charge in [0.1, 0.15) is 0 Å². The number of rotatable bonds is 3. The van der Waals surface area contributed by atoms with E-state index in [1.807, 2.05) is 24.3 Å². The van der Waals surface area contributed by atoms with Crippen molar-refractivity contribution in [1.29, 1.82) is 0 Å². The molecule has 0 radical (unpaired) electrons. The number of anilines is 2. The maximum atomic E-state index is 5.97. The van der Waals surface area contributed by atoms with Gasteiger partial charge in [0.25, 0.3) is 0 Å². The van der Waals surface area contributed by atoms with Crippen LogP contribution < -0.4 is 11.1 Å². The van der Waals surface area contributed by atoms with Crippen molar-refractivity contribution in [2.45, 2.75) is 26.2 Å². The first-order valence-electron chi connectivity index (χ1n) is 7.00. The molecule has 3 N–H and O–H groups in total. The van der Waals surface area contributed by atoms with Gasteiger partial charge in [-0.05, 0) is 30.4 Å². The zero-order valence-corrected chi connectivity index (χ0v) is 11.3. The number of para-hydroxylation sites is 2. The van der Waals surface area contributed by atoms with E-state index in [-0.39, 0.29) is 0 Å². The average molecular weight is 256 g/mol. The van der Waals surface area contributed by atoms with Crippen molar-refractivity contribution < 1.29 is 0 Å². The molecule has 0 amide bonds. The summed E-state index contributed by atoms with van der Waals surface area (Å²) in [6.45, 7) is 3.27. The molecule has 1 aliphatic rings. The SMILES string of the molecule is CC1CCCC1CNc1nc2ccccc2nc1N. The van der Waals surface area contributed by atoms with Crippen molar-refractivity contribution in [3.05, 3.63) is 24.3 Å². The Morgan fingerprint density at radius 2 is 1.95 bits per heavy atom. The Balaban J connectivity index is 1.78. The van der Waals surface area contributed by atoms with Crippen LogP contribution in [0.2, 0.25) is 0 Å². The summed E-state index contributed by atoms with van der Waals surface area (Å²) in [6.07, 6.45) is 3.98. The number of benzene rings is 1. The standard InChI is InChI=1S/C15H20N4/c1-10-5-4-6-11(10)9-17-15-14(16)18-12-7-2-3-8-13(12)19-15/h2-3,7-8,10-11H,4-6,9H2,1H3,(H2,16,18)(H,17,19). The highest BCUT2D eigenvalue weighted by atomic mass is 15.1. The van der Waals surface area contributed by atoms with Crippen molar-refractivity contribution in [2.24, 2.45) is 11.8 Å². The van der Waals surface area contributed by atoms with Crippen LogP contribution in [0.25, 0.3) is 11.0 Å². The number of hydrogen-bond donors (Lipinski definition) is 2. The molecule has 1 fully saturated rings. The van der Waals surface area contributed by atoms with Gasteiger partial charge >= 0.3 is 0 Å². The first-order valence-corrected chi connectivity index (χ1v) is 7.00. The summed E-state index contributed by atoms with van der Waals surface area (Å²) in [5.41, 5.74) is 7.70. The molecule has 1 heterocycles. The summed E-state index contributed by atoms with van der Waals surface area (Å²) in [7, 11) is 0. The lowest BCUT2D eigenvalue weighted by Gasteiger charge is -2.17. The summed E-state index contributed by atoms with van der Waals surface area (Å²) >= 11 is 0. The molecular weight excluding hydrogens is 236 g/mol. The number of nitrogens with two attached hydrogens (primary N) is 1. The first kappa shape index (κ1) is 12.2. The largest absolute Gasteiger partial charge is 0.381 e. The van der Waals surface area contributed by atoms with Crippen LogP contribution in [0.4, 0.5) is 11.6 Å². The molecule has 3 rings (SSSR count). The molecule has 4 heteroatoms. The van der Waals surface area contributed by atoms with Gasteiger partial charge in [-0.1, -0.05) is 31.9 Å². The zero-order valence-electron chi connectivity index (χ0n) is 11.3. The Labute approximate surface area is 113 Å². The Hall–Kier alpha value is -1.84. The quantitative estimate of drug-likeness (QED) is 0.886. The second-order valence-corrected chi connectivity index (χ2v) is 5.50. The van der Waals surface area contributed by atoms with Crippen molar-refractivity contribution in [3.8, 4) is 0 Å². The van der Waals surface area contributed by atoms with Crippen molar-refractivity contribution in [2.75, 3.05) is 17.6 Å². The highest BCUT2D eigenvalue weighted by Crippen LogP contribution is 2.31. The van der Waals surface area contributed by atoms with Crippen LogP contribution in [0.5, 0.6) is 0 Å². The van der Waals surface area contributed by atoms with E-state index in [9.17, 15) is 0 Å². The third-order valence-electron chi connectivity index (χ3n) is 4.17. The number of aromatic nitrogens is 2. The van der Waals surface area contributed by atoms with Crippen LogP contribution in [-0.4, -0.2) is 16.5 Å². The van der Waals surface area contributed by atoms with Gasteiger partial charge in [0.15, 0.2) is 11.6 Å². The third kappa shape index (κ3) is 2.48. The van der Waals surface area contributed by atoms with Gasteiger partial charge in [0, 0.05) is 6.54 Å². The van der Waals surface area contributed by atoms with Gasteiger partial charge in [-0.15, -0.1) is 0 Å². The molecule has 2 unspecified atom stereocenters. The molecule has 2 atom stereocenters. The van der Waals surface area contributed by atoms with E-state index < -0.39 is 0 Å². The molecule has 1 aliphatic carbocycles. The normalized spacial score (nSPS) is 22.8. The van der Waals surface area contributed by atoms with Gasteiger partial charge in [-0.2, -0.15) is 0 Å². The van der Waals surface area contributed by atoms with E-state index in [4.69, 9.17) is 5.73 Å². The van der Waals surface area contributed by atoms with E-state index >= 15 is 0 Å². The zero-order chi connectivity index (χ0) is 13.2. The van der Waals surface area contributed by atoms with Crippen molar-refractivity contribution >= 4 is 22.7 Å². The number of hydrogen-bond acceptors (Lipinski definition) is 4. The highest BCUT2D eigenvalue weighted by Gasteiger charge is 2.23. The molecule has 1 saturated carbocycles. The summed E-state index contributed by atoms with van der Waals surface area (Å²) in [4.78, 5) is 8.95. The second-order valence-electron chi connectivity index (χ2n) is 5.50. The van der Waals surface area contributed by atoms with E-state index in [1.54, 1.807) is 0 Å². The Bertz CT molecular complexity index is 581. The molecule has 0 bridgehead atoms. The predicted molar refractivity (Wildman–Crippen MR) is 78.9 cm³/mol. The van der Waals surface area contributed by atoms with Crippen LogP contribution in [0.15, 0.2) is 24.3 Å². The van der Waals surface area contributed by atoms with Gasteiger partial charge in [0.2, 0.25) is 0 Å². The molecule has 1 aromatic heterocycles. The molecule has 0 saturated heterocycles. The molecule has 100 valence electrons. The molecular formula is C15H20N4. The van der Waals surface area contributed by atoms with Crippen LogP contribution in [0.1, 0.15) is 26.2 Å². The fourth-order valence-electron chi connectivity index (χ4n) is 2.90. The molecule has 0 aliphatic heterocycles. The third-order valence-corrected chi connectivity index (χ3v) is 4.17. The van der Waals surface area contributed by atoms with E-state index in [2.05, 4.69) is 22.2 Å². The lowest BCUT2D eigenvalue weighted by atomic mass is 9.98.